The Morgan fingerprint density at radius 1 is 0.926 bits per heavy atom. The van der Waals surface area contributed by atoms with Crippen LogP contribution in [-0.4, -0.2) is 28.4 Å². The lowest BCUT2D eigenvalue weighted by Gasteiger charge is -2.17. The van der Waals surface area contributed by atoms with Crippen molar-refractivity contribution >= 4 is 28.3 Å². The second-order valence-corrected chi connectivity index (χ2v) is 6.98. The lowest BCUT2D eigenvalue weighted by atomic mass is 10.1. The number of para-hydroxylation sites is 1. The van der Waals surface area contributed by atoms with E-state index in [1.807, 2.05) is 48.5 Å². The number of pyridine rings is 1. The minimum absolute atomic E-state index is 0.420. The highest BCUT2D eigenvalue weighted by Crippen LogP contribution is 2.34. The number of nitrogens with zero attached hydrogens (tertiary/aromatic N) is 3. The first kappa shape index (κ1) is 15.9. The van der Waals surface area contributed by atoms with Crippen LogP contribution in [0.25, 0.3) is 27.7 Å². The molecule has 2 aromatic heterocycles. The molecule has 134 valence electrons. The number of carbonyl (C=O) groups excluding carboxylic acids is 1. The molecule has 1 aliphatic rings. The molecule has 5 nitrogen and oxygen atoms in total. The van der Waals surface area contributed by atoms with Gasteiger partial charge in [0, 0.05) is 24.0 Å². The molecule has 1 fully saturated rings. The van der Waals surface area contributed by atoms with E-state index in [2.05, 4.69) is 21.4 Å². The number of aromatic nitrogens is 2. The smallest absolute Gasteiger partial charge is 0.249 e. The Hall–Kier alpha value is -3.34. The van der Waals surface area contributed by atoms with Crippen molar-refractivity contribution in [3.8, 4) is 11.3 Å². The van der Waals surface area contributed by atoms with Gasteiger partial charge in [-0.25, -0.2) is 4.98 Å². The minimum Gasteiger partial charge on any atom is -0.366 e. The maximum Gasteiger partial charge on any atom is 0.249 e. The van der Waals surface area contributed by atoms with Crippen LogP contribution < -0.4 is 10.6 Å². The molecule has 0 radical (unpaired) electrons. The van der Waals surface area contributed by atoms with E-state index < -0.39 is 5.91 Å². The summed E-state index contributed by atoms with van der Waals surface area (Å²) >= 11 is 0. The zero-order valence-corrected chi connectivity index (χ0v) is 14.9. The van der Waals surface area contributed by atoms with E-state index in [1.54, 1.807) is 0 Å². The molecule has 2 N–H and O–H groups in total. The van der Waals surface area contributed by atoms with Crippen molar-refractivity contribution < 1.29 is 4.79 Å². The number of amides is 1. The van der Waals surface area contributed by atoms with Gasteiger partial charge in [0.15, 0.2) is 0 Å². The van der Waals surface area contributed by atoms with Crippen molar-refractivity contribution in [2.24, 2.45) is 5.73 Å². The van der Waals surface area contributed by atoms with Gasteiger partial charge in [-0.1, -0.05) is 48.5 Å². The summed E-state index contributed by atoms with van der Waals surface area (Å²) < 4.78 is 2.18. The van der Waals surface area contributed by atoms with Crippen molar-refractivity contribution in [2.75, 3.05) is 18.0 Å². The first-order valence-electron chi connectivity index (χ1n) is 9.28. The fourth-order valence-corrected chi connectivity index (χ4v) is 4.04. The largest absolute Gasteiger partial charge is 0.366 e. The van der Waals surface area contributed by atoms with Gasteiger partial charge in [-0.15, -0.1) is 0 Å². The van der Waals surface area contributed by atoms with Crippen LogP contribution in [0.4, 0.5) is 5.95 Å². The van der Waals surface area contributed by atoms with E-state index >= 15 is 0 Å². The van der Waals surface area contributed by atoms with E-state index in [0.29, 0.717) is 5.56 Å². The van der Waals surface area contributed by atoms with Crippen LogP contribution in [0.1, 0.15) is 23.2 Å². The van der Waals surface area contributed by atoms with Crippen molar-refractivity contribution in [3.05, 3.63) is 66.2 Å². The summed E-state index contributed by atoms with van der Waals surface area (Å²) in [6.07, 6.45) is 2.35. The first-order chi connectivity index (χ1) is 13.2. The van der Waals surface area contributed by atoms with Crippen LogP contribution in [0.3, 0.4) is 0 Å². The number of anilines is 1. The molecule has 3 heterocycles. The highest BCUT2D eigenvalue weighted by atomic mass is 16.1. The second-order valence-electron chi connectivity index (χ2n) is 6.98. The Labute approximate surface area is 157 Å². The average molecular weight is 356 g/mol. The number of hydrogen-bond acceptors (Lipinski definition) is 3. The van der Waals surface area contributed by atoms with E-state index in [-0.39, 0.29) is 0 Å². The Morgan fingerprint density at radius 2 is 1.63 bits per heavy atom. The summed E-state index contributed by atoms with van der Waals surface area (Å²) in [5.74, 6) is 0.519. The van der Waals surface area contributed by atoms with Gasteiger partial charge in [0.2, 0.25) is 11.9 Å². The topological polar surface area (TPSA) is 63.6 Å². The summed E-state index contributed by atoms with van der Waals surface area (Å²) in [7, 11) is 0. The molecule has 0 spiro atoms. The van der Waals surface area contributed by atoms with Gasteiger partial charge in [-0.05, 0) is 25.0 Å². The second kappa shape index (κ2) is 6.13. The number of primary amides is 1. The number of rotatable bonds is 3. The quantitative estimate of drug-likeness (QED) is 0.606. The lowest BCUT2D eigenvalue weighted by Crippen LogP contribution is -2.21. The van der Waals surface area contributed by atoms with Crippen molar-refractivity contribution in [3.63, 3.8) is 0 Å². The van der Waals surface area contributed by atoms with Crippen molar-refractivity contribution in [1.82, 2.24) is 9.38 Å². The Kier molecular flexibility index (Phi) is 3.60. The number of fused-ring (bicyclic) bond motifs is 3. The number of imidazole rings is 1. The fraction of sp³-hybridized carbons (Fsp3) is 0.182. The Morgan fingerprint density at radius 3 is 2.37 bits per heavy atom. The van der Waals surface area contributed by atoms with Crippen LogP contribution in [-0.2, 0) is 0 Å². The normalized spacial score (nSPS) is 14.3. The van der Waals surface area contributed by atoms with Crippen LogP contribution in [0.5, 0.6) is 0 Å². The van der Waals surface area contributed by atoms with Crippen LogP contribution >= 0.6 is 0 Å². The molecule has 4 aromatic rings. The lowest BCUT2D eigenvalue weighted by molar-refractivity contribution is 0.100. The molecule has 0 saturated carbocycles. The van der Waals surface area contributed by atoms with Gasteiger partial charge >= 0.3 is 0 Å². The third-order valence-electron chi connectivity index (χ3n) is 5.31. The van der Waals surface area contributed by atoms with Gasteiger partial charge in [0.05, 0.1) is 22.3 Å². The molecular weight excluding hydrogens is 336 g/mol. The summed E-state index contributed by atoms with van der Waals surface area (Å²) in [5.41, 5.74) is 10.0. The van der Waals surface area contributed by atoms with E-state index in [4.69, 9.17) is 10.7 Å². The number of benzene rings is 2. The molecule has 5 heteroatoms. The summed E-state index contributed by atoms with van der Waals surface area (Å²) in [6, 6.07) is 19.9. The molecule has 5 rings (SSSR count). The summed E-state index contributed by atoms with van der Waals surface area (Å²) in [6.45, 7) is 2.00. The molecular formula is C22H20N4O. The van der Waals surface area contributed by atoms with Crippen LogP contribution in [0.2, 0.25) is 0 Å². The third-order valence-corrected chi connectivity index (χ3v) is 5.31. The number of carbonyl (C=O) groups is 1. The molecule has 0 bridgehead atoms. The molecule has 1 saturated heterocycles. The van der Waals surface area contributed by atoms with Gasteiger partial charge < -0.3 is 10.6 Å². The van der Waals surface area contributed by atoms with Gasteiger partial charge in [-0.3, -0.25) is 9.20 Å². The average Bonchev–Trinajstić information content (AvgIpc) is 3.35. The third kappa shape index (κ3) is 2.46. The first-order valence-corrected chi connectivity index (χ1v) is 9.28. The maximum absolute atomic E-state index is 12.2. The number of nitrogens with two attached hydrogens (primary N) is 1. The highest BCUT2D eigenvalue weighted by molar-refractivity contribution is 6.08. The molecule has 0 unspecified atom stereocenters. The standard InChI is InChI=1S/C22H20N4O/c23-21(27)17-14-19-20(15-8-2-1-3-9-15)24-22(25-12-6-7-13-25)26(19)18-11-5-4-10-16(17)18/h1-5,8-11,14H,6-7,12-13H2,(H2,23,27). The molecule has 27 heavy (non-hydrogen) atoms. The van der Waals surface area contributed by atoms with E-state index in [1.165, 1.54) is 12.8 Å². The predicted octanol–water partition coefficient (Wildman–Crippen LogP) is 3.85. The van der Waals surface area contributed by atoms with Crippen molar-refractivity contribution in [2.45, 2.75) is 12.8 Å². The van der Waals surface area contributed by atoms with E-state index in [0.717, 1.165) is 46.7 Å². The van der Waals surface area contributed by atoms with Crippen LogP contribution in [0.15, 0.2) is 60.7 Å². The Bertz CT molecular complexity index is 1160. The highest BCUT2D eigenvalue weighted by Gasteiger charge is 2.23. The molecule has 1 amide bonds. The molecule has 2 aromatic carbocycles. The van der Waals surface area contributed by atoms with Crippen LogP contribution in [0, 0.1) is 0 Å². The SMILES string of the molecule is NC(=O)c1cc2c(-c3ccccc3)nc(N3CCCC3)n2c2ccccc12. The predicted molar refractivity (Wildman–Crippen MR) is 108 cm³/mol. The van der Waals surface area contributed by atoms with E-state index in [9.17, 15) is 4.79 Å². The van der Waals surface area contributed by atoms with Gasteiger partial charge in [0.1, 0.15) is 0 Å². The molecule has 1 aliphatic heterocycles. The Balaban J connectivity index is 1.92. The zero-order valence-electron chi connectivity index (χ0n) is 14.9. The molecule has 0 aliphatic carbocycles. The van der Waals surface area contributed by atoms with Crippen molar-refractivity contribution in [1.29, 1.82) is 0 Å². The fourth-order valence-electron chi connectivity index (χ4n) is 4.04. The van der Waals surface area contributed by atoms with Gasteiger partial charge in [0.25, 0.3) is 0 Å². The van der Waals surface area contributed by atoms with Gasteiger partial charge in [-0.2, -0.15) is 0 Å². The zero-order chi connectivity index (χ0) is 18.4. The summed E-state index contributed by atoms with van der Waals surface area (Å²) in [4.78, 5) is 19.5. The summed E-state index contributed by atoms with van der Waals surface area (Å²) in [5, 5.41) is 0.856. The monoisotopic (exact) mass is 356 g/mol. The minimum atomic E-state index is -0.420. The number of hydrogen-bond donors (Lipinski definition) is 1. The molecule has 0 atom stereocenters. The maximum atomic E-state index is 12.2.